The third-order valence-electron chi connectivity index (χ3n) is 6.90. The van der Waals surface area contributed by atoms with Gasteiger partial charge >= 0.3 is 0 Å². The van der Waals surface area contributed by atoms with Crippen LogP contribution in [0, 0.1) is 6.07 Å². The van der Waals surface area contributed by atoms with Gasteiger partial charge in [-0.3, -0.25) is 4.98 Å². The molecule has 0 spiro atoms. The maximum absolute atomic E-state index is 5.00. The Balaban J connectivity index is 0.00000252. The molecule has 5 aromatic carbocycles. The van der Waals surface area contributed by atoms with Crippen molar-refractivity contribution in [3.63, 3.8) is 0 Å². The minimum atomic E-state index is 0. The van der Waals surface area contributed by atoms with E-state index >= 15 is 0 Å². The first-order valence-corrected chi connectivity index (χ1v) is 12.2. The zero-order valence-electron chi connectivity index (χ0n) is 20.0. The Labute approximate surface area is 230 Å². The number of hydrogen-bond donors (Lipinski definition) is 0. The van der Waals surface area contributed by atoms with Crippen molar-refractivity contribution in [2.24, 2.45) is 0 Å². The van der Waals surface area contributed by atoms with E-state index in [0.29, 0.717) is 0 Å². The van der Waals surface area contributed by atoms with Gasteiger partial charge in [-0.05, 0) is 68.9 Å². The third-order valence-corrected chi connectivity index (χ3v) is 6.90. The van der Waals surface area contributed by atoms with Crippen LogP contribution in [0.3, 0.4) is 0 Å². The number of aromatic nitrogens is 1. The number of rotatable bonds is 4. The number of nitrogens with zero attached hydrogens (tertiary/aromatic N) is 1. The molecule has 6 aromatic rings. The molecular weight excluding hydrogens is 627 g/mol. The summed E-state index contributed by atoms with van der Waals surface area (Å²) < 4.78 is 0. The average Bonchev–Trinajstić information content (AvgIpc) is 3.38. The summed E-state index contributed by atoms with van der Waals surface area (Å²) in [7, 11) is 0. The van der Waals surface area contributed by atoms with Crippen molar-refractivity contribution in [2.45, 2.75) is 0 Å². The van der Waals surface area contributed by atoms with Gasteiger partial charge in [-0.15, -0.1) is 35.4 Å². The maximum atomic E-state index is 5.00. The number of benzene rings is 5. The van der Waals surface area contributed by atoms with Crippen LogP contribution in [0.1, 0.15) is 11.1 Å². The molecule has 1 aliphatic carbocycles. The van der Waals surface area contributed by atoms with Gasteiger partial charge in [0, 0.05) is 25.5 Å². The average molecular weight is 649 g/mol. The third kappa shape index (κ3) is 4.36. The molecule has 177 valence electrons. The van der Waals surface area contributed by atoms with Crippen LogP contribution in [0.4, 0.5) is 0 Å². The molecule has 0 bridgehead atoms. The van der Waals surface area contributed by atoms with Crippen LogP contribution in [0.15, 0.2) is 121 Å². The van der Waals surface area contributed by atoms with E-state index in [1.54, 1.807) is 0 Å². The summed E-state index contributed by atoms with van der Waals surface area (Å²) in [6.45, 7) is 0. The second-order valence-electron chi connectivity index (χ2n) is 9.19. The SMILES string of the molecule is [Ir].[c-]1ccc(-c2cc(-c3ccccc3)cc(-c3ccccc3)c2)cc1-c1cc2c3c(cccc3n1)C=C2. The van der Waals surface area contributed by atoms with Crippen LogP contribution in [0.25, 0.3) is 67.7 Å². The van der Waals surface area contributed by atoms with Crippen molar-refractivity contribution in [1.29, 1.82) is 0 Å². The van der Waals surface area contributed by atoms with Gasteiger partial charge in [0.1, 0.15) is 0 Å². The van der Waals surface area contributed by atoms with Crippen molar-refractivity contribution in [1.82, 2.24) is 4.98 Å². The summed E-state index contributed by atoms with van der Waals surface area (Å²) >= 11 is 0. The largest absolute Gasteiger partial charge is 0.296 e. The maximum Gasteiger partial charge on any atom is 0.0607 e. The molecule has 0 N–H and O–H groups in total. The predicted octanol–water partition coefficient (Wildman–Crippen LogP) is 9.18. The Morgan fingerprint density at radius 3 is 1.78 bits per heavy atom. The van der Waals surface area contributed by atoms with Crippen LogP contribution >= 0.6 is 0 Å². The summed E-state index contributed by atoms with van der Waals surface area (Å²) in [4.78, 5) is 5.00. The quantitative estimate of drug-likeness (QED) is 0.174. The molecule has 1 nitrogen and oxygen atoms in total. The first-order chi connectivity index (χ1) is 17.8. The Bertz CT molecular complexity index is 1710. The van der Waals surface area contributed by atoms with Crippen LogP contribution in [0.5, 0.6) is 0 Å². The normalized spacial score (nSPS) is 11.5. The molecule has 1 aromatic heterocycles. The van der Waals surface area contributed by atoms with Gasteiger partial charge in [0.25, 0.3) is 0 Å². The molecule has 1 aliphatic rings. The monoisotopic (exact) mass is 649 g/mol. The van der Waals surface area contributed by atoms with Gasteiger partial charge in [-0.1, -0.05) is 91.0 Å². The molecule has 0 unspecified atom stereocenters. The summed E-state index contributed by atoms with van der Waals surface area (Å²) in [5.74, 6) is 0. The predicted molar refractivity (Wildman–Crippen MR) is 151 cm³/mol. The van der Waals surface area contributed by atoms with Crippen LogP contribution in [-0.2, 0) is 20.1 Å². The number of pyridine rings is 1. The minimum Gasteiger partial charge on any atom is -0.296 e. The van der Waals surface area contributed by atoms with Crippen molar-refractivity contribution >= 4 is 23.1 Å². The molecule has 0 atom stereocenters. The topological polar surface area (TPSA) is 12.9 Å². The molecule has 2 heteroatoms. The van der Waals surface area contributed by atoms with E-state index < -0.39 is 0 Å². The molecule has 7 rings (SSSR count). The van der Waals surface area contributed by atoms with Crippen LogP contribution in [0.2, 0.25) is 0 Å². The molecule has 0 fully saturated rings. The van der Waals surface area contributed by atoms with E-state index in [0.717, 1.165) is 22.3 Å². The van der Waals surface area contributed by atoms with E-state index in [4.69, 9.17) is 4.98 Å². The Morgan fingerprint density at radius 1 is 0.486 bits per heavy atom. The van der Waals surface area contributed by atoms with Gasteiger partial charge in [-0.2, -0.15) is 0 Å². The van der Waals surface area contributed by atoms with Crippen LogP contribution in [-0.4, -0.2) is 4.98 Å². The molecule has 0 saturated heterocycles. The molecule has 0 amide bonds. The standard InChI is InChI=1S/C35H22N.Ir/c1-3-9-24(10-4-1)30-20-31(25-11-5-2-6-12-25)22-32(21-30)27-14-7-15-28(19-27)34-23-29-18-17-26-13-8-16-33(36-34)35(26)29;/h1-14,16-23H;/q-1;. The fourth-order valence-corrected chi connectivity index (χ4v) is 5.12. The van der Waals surface area contributed by atoms with E-state index in [1.807, 2.05) is 6.07 Å². The molecule has 1 radical (unpaired) electrons. The van der Waals surface area contributed by atoms with Gasteiger partial charge in [-0.25, -0.2) is 0 Å². The Kier molecular flexibility index (Phi) is 6.14. The van der Waals surface area contributed by atoms with E-state index in [1.165, 1.54) is 44.3 Å². The molecular formula is C35H22IrN-. The second kappa shape index (κ2) is 9.75. The van der Waals surface area contributed by atoms with Gasteiger partial charge in [0.05, 0.1) is 5.52 Å². The van der Waals surface area contributed by atoms with Gasteiger partial charge in [0.2, 0.25) is 0 Å². The van der Waals surface area contributed by atoms with Crippen molar-refractivity contribution in [3.05, 3.63) is 139 Å². The first kappa shape index (κ1) is 23.3. The summed E-state index contributed by atoms with van der Waals surface area (Å²) in [5.41, 5.74) is 12.6. The fraction of sp³-hybridized carbons (Fsp3) is 0. The minimum absolute atomic E-state index is 0. The first-order valence-electron chi connectivity index (χ1n) is 12.2. The molecule has 37 heavy (non-hydrogen) atoms. The molecule has 1 heterocycles. The zero-order valence-corrected chi connectivity index (χ0v) is 22.4. The molecule has 0 aliphatic heterocycles. The second-order valence-corrected chi connectivity index (χ2v) is 9.19. The zero-order chi connectivity index (χ0) is 23.9. The van der Waals surface area contributed by atoms with Crippen molar-refractivity contribution < 1.29 is 20.1 Å². The summed E-state index contributed by atoms with van der Waals surface area (Å²) in [6, 6.07) is 46.3. The van der Waals surface area contributed by atoms with Gasteiger partial charge in [0.15, 0.2) is 0 Å². The van der Waals surface area contributed by atoms with E-state index in [-0.39, 0.29) is 20.1 Å². The smallest absolute Gasteiger partial charge is 0.0607 e. The van der Waals surface area contributed by atoms with Crippen molar-refractivity contribution in [2.75, 3.05) is 0 Å². The van der Waals surface area contributed by atoms with Gasteiger partial charge < -0.3 is 0 Å². The Morgan fingerprint density at radius 2 is 1.11 bits per heavy atom. The molecule has 0 saturated carbocycles. The van der Waals surface area contributed by atoms with Crippen LogP contribution < -0.4 is 0 Å². The Hall–Kier alpha value is -4.10. The fourth-order valence-electron chi connectivity index (χ4n) is 5.12. The van der Waals surface area contributed by atoms with E-state index in [9.17, 15) is 0 Å². The summed E-state index contributed by atoms with van der Waals surface area (Å²) in [6.07, 6.45) is 4.35. The van der Waals surface area contributed by atoms with E-state index in [2.05, 4.69) is 133 Å². The number of hydrogen-bond acceptors (Lipinski definition) is 1. The summed E-state index contributed by atoms with van der Waals surface area (Å²) in [5, 5.41) is 1.24. The van der Waals surface area contributed by atoms with Crippen molar-refractivity contribution in [3.8, 4) is 44.6 Å².